The lowest BCUT2D eigenvalue weighted by molar-refractivity contribution is 0.383. The van der Waals surface area contributed by atoms with Gasteiger partial charge in [0.25, 0.3) is 0 Å². The van der Waals surface area contributed by atoms with Crippen LogP contribution < -0.4 is 4.90 Å². The van der Waals surface area contributed by atoms with Crippen molar-refractivity contribution < 1.29 is 4.42 Å². The summed E-state index contributed by atoms with van der Waals surface area (Å²) in [5.74, 6) is 0. The van der Waals surface area contributed by atoms with E-state index in [0.29, 0.717) is 6.17 Å². The SMILES string of the molecule is Cc1ccc2c(oc3c(C)cccc32)c1N1C=CN(C)[C@@H]1C. The van der Waals surface area contributed by atoms with Gasteiger partial charge < -0.3 is 14.2 Å². The van der Waals surface area contributed by atoms with E-state index in [1.807, 2.05) is 0 Å². The molecule has 4 rings (SSSR count). The lowest BCUT2D eigenvalue weighted by Gasteiger charge is -2.28. The molecular weight excluding hydrogens is 272 g/mol. The van der Waals surface area contributed by atoms with Crippen LogP contribution >= 0.6 is 0 Å². The van der Waals surface area contributed by atoms with Crippen LogP contribution in [0.5, 0.6) is 0 Å². The summed E-state index contributed by atoms with van der Waals surface area (Å²) in [4.78, 5) is 4.49. The summed E-state index contributed by atoms with van der Waals surface area (Å²) in [6, 6.07) is 10.7. The minimum atomic E-state index is 0.290. The predicted octanol–water partition coefficient (Wildman–Crippen LogP) is 4.77. The van der Waals surface area contributed by atoms with Crippen molar-refractivity contribution in [3.05, 3.63) is 53.9 Å². The highest BCUT2D eigenvalue weighted by Crippen LogP contribution is 2.40. The van der Waals surface area contributed by atoms with Crippen LogP contribution in [-0.4, -0.2) is 18.1 Å². The highest BCUT2D eigenvalue weighted by atomic mass is 16.3. The Hall–Kier alpha value is -2.42. The lowest BCUT2D eigenvalue weighted by Crippen LogP contribution is -2.33. The normalized spacial score (nSPS) is 18.1. The van der Waals surface area contributed by atoms with Gasteiger partial charge in [0.15, 0.2) is 5.58 Å². The first kappa shape index (κ1) is 13.3. The van der Waals surface area contributed by atoms with Crippen molar-refractivity contribution in [1.29, 1.82) is 0 Å². The molecule has 0 saturated heterocycles. The van der Waals surface area contributed by atoms with E-state index in [2.05, 4.69) is 80.4 Å². The molecule has 0 aliphatic carbocycles. The van der Waals surface area contributed by atoms with Gasteiger partial charge in [-0.2, -0.15) is 0 Å². The number of benzene rings is 2. The van der Waals surface area contributed by atoms with E-state index >= 15 is 0 Å². The zero-order valence-corrected chi connectivity index (χ0v) is 13.4. The van der Waals surface area contributed by atoms with E-state index in [1.54, 1.807) is 0 Å². The molecule has 1 aliphatic heterocycles. The molecular formula is C19H20N2O. The first-order valence-corrected chi connectivity index (χ1v) is 7.68. The van der Waals surface area contributed by atoms with Crippen molar-refractivity contribution in [2.24, 2.45) is 0 Å². The Kier molecular flexibility index (Phi) is 2.73. The average Bonchev–Trinajstić information content (AvgIpc) is 3.03. The Morgan fingerprint density at radius 3 is 2.41 bits per heavy atom. The molecule has 0 fully saturated rings. The lowest BCUT2D eigenvalue weighted by atomic mass is 10.1. The summed E-state index contributed by atoms with van der Waals surface area (Å²) in [5.41, 5.74) is 5.56. The summed E-state index contributed by atoms with van der Waals surface area (Å²) in [7, 11) is 2.10. The number of hydrogen-bond acceptors (Lipinski definition) is 3. The molecule has 3 nitrogen and oxygen atoms in total. The van der Waals surface area contributed by atoms with E-state index in [1.165, 1.54) is 27.6 Å². The Bertz CT molecular complexity index is 907. The van der Waals surface area contributed by atoms with E-state index in [-0.39, 0.29) is 0 Å². The van der Waals surface area contributed by atoms with Crippen LogP contribution in [0.25, 0.3) is 21.9 Å². The molecule has 0 radical (unpaired) electrons. The number of anilines is 1. The van der Waals surface area contributed by atoms with Crippen LogP contribution in [0.15, 0.2) is 47.1 Å². The van der Waals surface area contributed by atoms with Crippen LogP contribution in [0.4, 0.5) is 5.69 Å². The van der Waals surface area contributed by atoms with Gasteiger partial charge in [0.1, 0.15) is 11.7 Å². The van der Waals surface area contributed by atoms with Crippen LogP contribution in [0.2, 0.25) is 0 Å². The third kappa shape index (κ3) is 1.68. The van der Waals surface area contributed by atoms with Gasteiger partial charge in [0.05, 0.1) is 5.69 Å². The molecule has 0 bridgehead atoms. The molecule has 3 aromatic rings. The minimum absolute atomic E-state index is 0.290. The van der Waals surface area contributed by atoms with Crippen molar-refractivity contribution >= 4 is 27.6 Å². The average molecular weight is 292 g/mol. The topological polar surface area (TPSA) is 19.6 Å². The molecule has 1 aliphatic rings. The third-order valence-electron chi connectivity index (χ3n) is 4.75. The highest BCUT2D eigenvalue weighted by Gasteiger charge is 2.25. The molecule has 0 amide bonds. The zero-order valence-electron chi connectivity index (χ0n) is 13.4. The highest BCUT2D eigenvalue weighted by molar-refractivity contribution is 6.10. The van der Waals surface area contributed by atoms with E-state index < -0.39 is 0 Å². The maximum Gasteiger partial charge on any atom is 0.159 e. The van der Waals surface area contributed by atoms with Crippen LogP contribution in [0.1, 0.15) is 18.1 Å². The van der Waals surface area contributed by atoms with Crippen molar-refractivity contribution in [2.75, 3.05) is 11.9 Å². The number of rotatable bonds is 1. The first-order chi connectivity index (χ1) is 10.6. The summed E-state index contributed by atoms with van der Waals surface area (Å²) in [6.45, 7) is 6.45. The summed E-state index contributed by atoms with van der Waals surface area (Å²) in [5, 5.41) is 2.38. The minimum Gasteiger partial charge on any atom is -0.454 e. The summed E-state index contributed by atoms with van der Waals surface area (Å²) < 4.78 is 6.30. The monoisotopic (exact) mass is 292 g/mol. The van der Waals surface area contributed by atoms with Gasteiger partial charge >= 0.3 is 0 Å². The second kappa shape index (κ2) is 4.54. The number of nitrogens with zero attached hydrogens (tertiary/aromatic N) is 2. The maximum atomic E-state index is 6.30. The van der Waals surface area contributed by atoms with Gasteiger partial charge in [-0.3, -0.25) is 0 Å². The molecule has 2 aromatic carbocycles. The molecule has 22 heavy (non-hydrogen) atoms. The molecule has 3 heteroatoms. The smallest absolute Gasteiger partial charge is 0.159 e. The van der Waals surface area contributed by atoms with E-state index in [0.717, 1.165) is 11.2 Å². The van der Waals surface area contributed by atoms with Crippen molar-refractivity contribution in [3.8, 4) is 0 Å². The largest absolute Gasteiger partial charge is 0.454 e. The Morgan fingerprint density at radius 1 is 0.909 bits per heavy atom. The number of aryl methyl sites for hydroxylation is 2. The van der Waals surface area contributed by atoms with Crippen molar-refractivity contribution in [2.45, 2.75) is 26.9 Å². The second-order valence-electron chi connectivity index (χ2n) is 6.16. The fourth-order valence-corrected chi connectivity index (χ4v) is 3.29. The van der Waals surface area contributed by atoms with Gasteiger partial charge in [-0.15, -0.1) is 0 Å². The molecule has 112 valence electrons. The molecule has 0 unspecified atom stereocenters. The van der Waals surface area contributed by atoms with Gasteiger partial charge in [-0.25, -0.2) is 0 Å². The number of para-hydroxylation sites is 1. The molecule has 0 spiro atoms. The van der Waals surface area contributed by atoms with E-state index in [9.17, 15) is 0 Å². The van der Waals surface area contributed by atoms with Gasteiger partial charge in [0.2, 0.25) is 0 Å². The molecule has 1 aromatic heterocycles. The standard InChI is InChI=1S/C19H20N2O/c1-12-8-9-16-15-7-5-6-13(2)18(15)22-19(16)17(12)21-11-10-20(4)14(21)3/h5-11,14H,1-4H3/t14-/m0/s1. The fourth-order valence-electron chi connectivity index (χ4n) is 3.29. The van der Waals surface area contributed by atoms with Gasteiger partial charge in [-0.1, -0.05) is 30.3 Å². The maximum absolute atomic E-state index is 6.30. The summed E-state index contributed by atoms with van der Waals surface area (Å²) >= 11 is 0. The molecule has 0 N–H and O–H groups in total. The number of furan rings is 1. The Balaban J connectivity index is 2.06. The zero-order chi connectivity index (χ0) is 15.4. The van der Waals surface area contributed by atoms with Crippen LogP contribution in [0, 0.1) is 13.8 Å². The molecule has 2 heterocycles. The predicted molar refractivity (Wildman–Crippen MR) is 92.0 cm³/mol. The van der Waals surface area contributed by atoms with Gasteiger partial charge in [0, 0.05) is 30.2 Å². The number of hydrogen-bond donors (Lipinski definition) is 0. The fraction of sp³-hybridized carbons (Fsp3) is 0.263. The van der Waals surface area contributed by atoms with Crippen LogP contribution in [0.3, 0.4) is 0 Å². The Labute approximate surface area is 130 Å². The molecule has 0 saturated carbocycles. The number of fused-ring (bicyclic) bond motifs is 3. The second-order valence-corrected chi connectivity index (χ2v) is 6.16. The quantitative estimate of drug-likeness (QED) is 0.644. The molecule has 1 atom stereocenters. The third-order valence-corrected chi connectivity index (χ3v) is 4.75. The summed E-state index contributed by atoms with van der Waals surface area (Å²) in [6.07, 6.45) is 4.53. The Morgan fingerprint density at radius 2 is 1.68 bits per heavy atom. The van der Waals surface area contributed by atoms with E-state index in [4.69, 9.17) is 4.42 Å². The first-order valence-electron chi connectivity index (χ1n) is 7.68. The van der Waals surface area contributed by atoms with Crippen molar-refractivity contribution in [3.63, 3.8) is 0 Å². The van der Waals surface area contributed by atoms with Gasteiger partial charge in [-0.05, 0) is 31.9 Å². The van der Waals surface area contributed by atoms with Crippen LogP contribution in [-0.2, 0) is 0 Å². The van der Waals surface area contributed by atoms with Crippen molar-refractivity contribution in [1.82, 2.24) is 4.90 Å².